The quantitative estimate of drug-likeness (QED) is 0.434. The molecule has 33 heavy (non-hydrogen) atoms. The maximum absolute atomic E-state index is 13.3. The van der Waals surface area contributed by atoms with E-state index in [-0.39, 0.29) is 36.0 Å². The summed E-state index contributed by atoms with van der Waals surface area (Å²) < 4.78 is 13.3. The summed E-state index contributed by atoms with van der Waals surface area (Å²) in [5, 5.41) is 4.08. The highest BCUT2D eigenvalue weighted by Gasteiger charge is 2.28. The summed E-state index contributed by atoms with van der Waals surface area (Å²) in [7, 11) is 0. The number of benzene rings is 2. The summed E-state index contributed by atoms with van der Waals surface area (Å²) in [5.74, 6) is 0.178. The van der Waals surface area contributed by atoms with Gasteiger partial charge in [0, 0.05) is 18.3 Å². The van der Waals surface area contributed by atoms with E-state index < -0.39 is 6.04 Å². The average Bonchev–Trinajstić information content (AvgIpc) is 2.81. The highest BCUT2D eigenvalue weighted by Crippen LogP contribution is 2.25. The fraction of sp³-hybridized carbons (Fsp3) is 0.440. The van der Waals surface area contributed by atoms with Gasteiger partial charge in [0.05, 0.1) is 15.8 Å². The molecule has 178 valence electrons. The molecule has 3 rings (SSSR count). The number of nitrogens with one attached hydrogen (secondary N) is 1. The van der Waals surface area contributed by atoms with Gasteiger partial charge in [-0.1, -0.05) is 60.7 Å². The Morgan fingerprint density at radius 1 is 1.06 bits per heavy atom. The zero-order valence-electron chi connectivity index (χ0n) is 18.7. The molecule has 1 aliphatic rings. The molecule has 0 saturated heterocycles. The number of nitrogens with zero attached hydrogens (tertiary/aromatic N) is 1. The first-order valence-corrected chi connectivity index (χ1v) is 13.1. The molecular weight excluding hydrogens is 482 g/mol. The second-order valence-electron chi connectivity index (χ2n) is 8.41. The van der Waals surface area contributed by atoms with E-state index in [0.29, 0.717) is 15.8 Å². The molecule has 1 saturated carbocycles. The van der Waals surface area contributed by atoms with Crippen LogP contribution in [-0.2, 0) is 21.9 Å². The molecule has 1 fully saturated rings. The minimum absolute atomic E-state index is 0.143. The number of carbonyl (C=O) groups is 2. The third-order valence-corrected chi connectivity index (χ3v) is 7.59. The van der Waals surface area contributed by atoms with Gasteiger partial charge in [-0.25, -0.2) is 4.39 Å². The normalized spacial score (nSPS) is 15.2. The molecule has 0 aliphatic heterocycles. The Bertz CT molecular complexity index is 952. The van der Waals surface area contributed by atoms with E-state index in [1.807, 2.05) is 6.07 Å². The van der Waals surface area contributed by atoms with Crippen LogP contribution in [0.25, 0.3) is 0 Å². The molecule has 2 amide bonds. The minimum atomic E-state index is -0.630. The first-order valence-electron chi connectivity index (χ1n) is 11.2. The lowest BCUT2D eigenvalue weighted by molar-refractivity contribution is -0.139. The van der Waals surface area contributed by atoms with Crippen molar-refractivity contribution in [1.82, 2.24) is 10.2 Å². The molecule has 1 aliphatic carbocycles. The highest BCUT2D eigenvalue weighted by atomic mass is 35.5. The number of carbonyl (C=O) groups excluding carboxylic acids is 2. The molecular formula is C25H29Cl2FN2O2S. The third kappa shape index (κ3) is 7.90. The van der Waals surface area contributed by atoms with Gasteiger partial charge < -0.3 is 10.2 Å². The molecule has 1 atom stereocenters. The van der Waals surface area contributed by atoms with Crippen molar-refractivity contribution in [2.45, 2.75) is 63.4 Å². The largest absolute Gasteiger partial charge is 0.352 e. The van der Waals surface area contributed by atoms with Crippen LogP contribution in [0.1, 0.15) is 50.2 Å². The Morgan fingerprint density at radius 2 is 1.73 bits per heavy atom. The monoisotopic (exact) mass is 510 g/mol. The Labute approximate surface area is 209 Å². The second kappa shape index (κ2) is 12.6. The van der Waals surface area contributed by atoms with E-state index in [0.717, 1.165) is 36.8 Å². The molecule has 2 aromatic carbocycles. The van der Waals surface area contributed by atoms with E-state index in [2.05, 4.69) is 5.32 Å². The van der Waals surface area contributed by atoms with E-state index >= 15 is 0 Å². The fourth-order valence-corrected chi connectivity index (χ4v) is 5.08. The first-order chi connectivity index (χ1) is 15.8. The molecule has 2 aromatic rings. The van der Waals surface area contributed by atoms with Crippen LogP contribution in [0.2, 0.25) is 10.0 Å². The Kier molecular flexibility index (Phi) is 9.90. The van der Waals surface area contributed by atoms with Crippen LogP contribution >= 0.6 is 35.0 Å². The predicted molar refractivity (Wildman–Crippen MR) is 134 cm³/mol. The number of hydrogen-bond acceptors (Lipinski definition) is 3. The van der Waals surface area contributed by atoms with Gasteiger partial charge in [-0.05, 0) is 55.2 Å². The molecule has 0 spiro atoms. The molecule has 0 bridgehead atoms. The molecule has 0 aromatic heterocycles. The lowest BCUT2D eigenvalue weighted by Crippen LogP contribution is -2.50. The SMILES string of the molecule is C[C@H](C(=O)NC1CCCCC1)N(Cc1ccc(F)cc1)C(=O)CSCc1ccc(Cl)c(Cl)c1. The second-order valence-corrected chi connectivity index (χ2v) is 10.2. The zero-order chi connectivity index (χ0) is 23.8. The summed E-state index contributed by atoms with van der Waals surface area (Å²) >= 11 is 13.5. The van der Waals surface area contributed by atoms with E-state index in [4.69, 9.17) is 23.2 Å². The van der Waals surface area contributed by atoms with Crippen molar-refractivity contribution in [3.05, 3.63) is 69.5 Å². The van der Waals surface area contributed by atoms with Gasteiger partial charge in [-0.3, -0.25) is 9.59 Å². The van der Waals surface area contributed by atoms with E-state index in [9.17, 15) is 14.0 Å². The molecule has 8 heteroatoms. The van der Waals surface area contributed by atoms with Crippen LogP contribution in [-0.4, -0.2) is 34.6 Å². The van der Waals surface area contributed by atoms with Gasteiger partial charge in [0.15, 0.2) is 0 Å². The van der Waals surface area contributed by atoms with Crippen LogP contribution < -0.4 is 5.32 Å². The summed E-state index contributed by atoms with van der Waals surface area (Å²) in [6, 6.07) is 11.0. The van der Waals surface area contributed by atoms with Gasteiger partial charge in [0.25, 0.3) is 0 Å². The summed E-state index contributed by atoms with van der Waals surface area (Å²) in [6.07, 6.45) is 5.38. The average molecular weight is 511 g/mol. The molecule has 0 radical (unpaired) electrons. The van der Waals surface area contributed by atoms with Crippen molar-refractivity contribution in [2.75, 3.05) is 5.75 Å². The van der Waals surface area contributed by atoms with Crippen molar-refractivity contribution in [3.8, 4) is 0 Å². The third-order valence-electron chi connectivity index (χ3n) is 5.86. The first kappa shape index (κ1) is 25.9. The van der Waals surface area contributed by atoms with Crippen LogP contribution in [0.3, 0.4) is 0 Å². The number of halogens is 3. The number of rotatable bonds is 9. The zero-order valence-corrected chi connectivity index (χ0v) is 21.0. The molecule has 4 nitrogen and oxygen atoms in total. The minimum Gasteiger partial charge on any atom is -0.352 e. The van der Waals surface area contributed by atoms with Crippen molar-refractivity contribution in [2.24, 2.45) is 0 Å². The van der Waals surface area contributed by atoms with Gasteiger partial charge in [-0.2, -0.15) is 0 Å². The smallest absolute Gasteiger partial charge is 0.242 e. The van der Waals surface area contributed by atoms with Crippen molar-refractivity contribution in [1.29, 1.82) is 0 Å². The summed E-state index contributed by atoms with van der Waals surface area (Å²) in [5.41, 5.74) is 1.74. The maximum atomic E-state index is 13.3. The topological polar surface area (TPSA) is 49.4 Å². The number of thioether (sulfide) groups is 1. The van der Waals surface area contributed by atoms with Crippen LogP contribution in [0.4, 0.5) is 4.39 Å². The Hall–Kier alpha value is -1.76. The lowest BCUT2D eigenvalue weighted by Gasteiger charge is -2.31. The highest BCUT2D eigenvalue weighted by molar-refractivity contribution is 7.99. The summed E-state index contributed by atoms with van der Waals surface area (Å²) in [4.78, 5) is 27.7. The predicted octanol–water partition coefficient (Wildman–Crippen LogP) is 6.23. The van der Waals surface area contributed by atoms with Gasteiger partial charge >= 0.3 is 0 Å². The fourth-order valence-electron chi connectivity index (χ4n) is 3.91. The molecule has 0 heterocycles. The Balaban J connectivity index is 1.65. The maximum Gasteiger partial charge on any atom is 0.242 e. The summed E-state index contributed by atoms with van der Waals surface area (Å²) in [6.45, 7) is 1.99. The molecule has 1 N–H and O–H groups in total. The van der Waals surface area contributed by atoms with E-state index in [1.165, 1.54) is 30.3 Å². The lowest BCUT2D eigenvalue weighted by atomic mass is 9.95. The van der Waals surface area contributed by atoms with Crippen molar-refractivity contribution >= 4 is 46.8 Å². The number of amides is 2. The van der Waals surface area contributed by atoms with Crippen LogP contribution in [0, 0.1) is 5.82 Å². The number of hydrogen-bond donors (Lipinski definition) is 1. The van der Waals surface area contributed by atoms with Gasteiger partial charge in [0.2, 0.25) is 11.8 Å². The van der Waals surface area contributed by atoms with Crippen molar-refractivity contribution in [3.63, 3.8) is 0 Å². The van der Waals surface area contributed by atoms with Crippen molar-refractivity contribution < 1.29 is 14.0 Å². The van der Waals surface area contributed by atoms with Crippen LogP contribution in [0.5, 0.6) is 0 Å². The standard InChI is InChI=1S/C25H29Cl2FN2O2S/c1-17(25(32)29-21-5-3-2-4-6-21)30(14-18-7-10-20(28)11-8-18)24(31)16-33-15-19-9-12-22(26)23(27)13-19/h7-13,17,21H,2-6,14-16H2,1H3,(H,29,32)/t17-/m1/s1. The Morgan fingerprint density at radius 3 is 2.39 bits per heavy atom. The van der Waals surface area contributed by atoms with Gasteiger partial charge in [0.1, 0.15) is 11.9 Å². The van der Waals surface area contributed by atoms with Gasteiger partial charge in [-0.15, -0.1) is 11.8 Å². The van der Waals surface area contributed by atoms with Crippen LogP contribution in [0.15, 0.2) is 42.5 Å². The van der Waals surface area contributed by atoms with E-state index in [1.54, 1.807) is 36.1 Å². The molecule has 0 unspecified atom stereocenters.